The molecule has 0 aliphatic carbocycles. The van der Waals surface area contributed by atoms with Crippen molar-refractivity contribution in [3.05, 3.63) is 7.18 Å². The van der Waals surface area contributed by atoms with Crippen molar-refractivity contribution < 1.29 is 4.39 Å². The van der Waals surface area contributed by atoms with Crippen molar-refractivity contribution in [1.82, 2.24) is 0 Å². The molecule has 8 radical (unpaired) electrons. The number of hydrogen-bond donors (Lipinski definition) is 0. The Kier molecular flexibility index (Phi) is 202. The molecule has 0 fully saturated rings. The minimum absolute atomic E-state index is 0. The van der Waals surface area contributed by atoms with Crippen LogP contribution in [0.4, 0.5) is 4.39 Å². The summed E-state index contributed by atoms with van der Waals surface area (Å²) >= 11 is 0. The second-order valence-corrected chi connectivity index (χ2v) is 0. The molecule has 0 aromatic carbocycles. The van der Waals surface area contributed by atoms with Gasteiger partial charge < -0.3 is 0 Å². The van der Waals surface area contributed by atoms with Gasteiger partial charge in [0, 0.05) is 65.8 Å². The van der Waals surface area contributed by atoms with E-state index in [2.05, 4.69) is 7.18 Å². The first-order valence-corrected chi connectivity index (χ1v) is 0.189. The average Bonchev–Trinajstić information content (AvgIpc) is 1.00. The fourth-order valence-corrected chi connectivity index (χ4v) is 0. The second-order valence-electron chi connectivity index (χ2n) is 0. The molecule has 0 atom stereocenters. The van der Waals surface area contributed by atoms with Crippen molar-refractivity contribution in [1.29, 1.82) is 0 Å². The topological polar surface area (TPSA) is 0 Å². The Labute approximate surface area is 76.5 Å². The molecule has 0 heterocycles. The number of hydrogen-bond acceptors (Lipinski definition) is 0. The fourth-order valence-electron chi connectivity index (χ4n) is 0. The van der Waals surface area contributed by atoms with Crippen LogP contribution in [-0.4, -0.2) is 65.8 Å². The maximum Gasteiger partial charge on any atom is 0.232 e. The molecule has 0 nitrogen and oxygen atoms in total. The first-order chi connectivity index (χ1) is 1.00. The van der Waals surface area contributed by atoms with E-state index in [0.717, 1.165) is 0 Å². The van der Waals surface area contributed by atoms with Crippen molar-refractivity contribution in [2.24, 2.45) is 0 Å². The standard InChI is InChI=1S/CF.Al.Li.Na/c1-2;;;. The Balaban J connectivity index is -0.00000000167. The SMILES string of the molecule is [Al].[C]F.[Li].[Na]. The molecule has 16 valence electrons. The maximum absolute atomic E-state index is 8.75. The summed E-state index contributed by atoms with van der Waals surface area (Å²) in [5.41, 5.74) is 0. The number of halogens is 1. The molecule has 0 aromatic rings. The van der Waals surface area contributed by atoms with E-state index in [0.29, 0.717) is 0 Å². The van der Waals surface area contributed by atoms with Gasteiger partial charge in [0.2, 0.25) is 7.18 Å². The molecule has 4 heteroatoms. The van der Waals surface area contributed by atoms with Crippen molar-refractivity contribution in [3.8, 4) is 0 Å². The molecule has 5 heavy (non-hydrogen) atoms. The molecule has 0 aliphatic heterocycles. The molecule has 0 saturated carbocycles. The van der Waals surface area contributed by atoms with E-state index in [1.54, 1.807) is 0 Å². The summed E-state index contributed by atoms with van der Waals surface area (Å²) in [5, 5.41) is 0. The van der Waals surface area contributed by atoms with Crippen LogP contribution >= 0.6 is 0 Å². The van der Waals surface area contributed by atoms with E-state index in [1.165, 1.54) is 0 Å². The molecular formula is CAlFLiNa. The first-order valence-electron chi connectivity index (χ1n) is 0.189. The van der Waals surface area contributed by atoms with Gasteiger partial charge in [-0.3, -0.25) is 0 Å². The van der Waals surface area contributed by atoms with Gasteiger partial charge in [0.15, 0.2) is 0 Å². The van der Waals surface area contributed by atoms with E-state index in [-0.39, 0.29) is 65.8 Å². The second kappa shape index (κ2) is 36.6. The zero-order chi connectivity index (χ0) is 2.00. The largest absolute Gasteiger partial charge is 0.232 e. The third-order valence-corrected chi connectivity index (χ3v) is 0. The Morgan fingerprint density at radius 2 is 1.20 bits per heavy atom. The van der Waals surface area contributed by atoms with Crippen LogP contribution in [0, 0.1) is 7.18 Å². The molecule has 0 N–H and O–H groups in total. The van der Waals surface area contributed by atoms with Crippen molar-refractivity contribution in [3.63, 3.8) is 0 Å². The Morgan fingerprint density at radius 1 is 1.20 bits per heavy atom. The van der Waals surface area contributed by atoms with Crippen molar-refractivity contribution in [2.75, 3.05) is 0 Å². The summed E-state index contributed by atoms with van der Waals surface area (Å²) in [6, 6.07) is 0. The van der Waals surface area contributed by atoms with E-state index in [4.69, 9.17) is 4.39 Å². The summed E-state index contributed by atoms with van der Waals surface area (Å²) in [6.07, 6.45) is 0. The van der Waals surface area contributed by atoms with Crippen LogP contribution in [0.1, 0.15) is 0 Å². The smallest absolute Gasteiger partial charge is 0.232 e. The van der Waals surface area contributed by atoms with Crippen LogP contribution in [-0.2, 0) is 0 Å². The molecular weight excluding hydrogens is 87.9 g/mol. The van der Waals surface area contributed by atoms with E-state index < -0.39 is 0 Å². The van der Waals surface area contributed by atoms with Crippen LogP contribution in [0.3, 0.4) is 0 Å². The Hall–Kier alpha value is 2.06. The van der Waals surface area contributed by atoms with Crippen molar-refractivity contribution in [2.45, 2.75) is 0 Å². The predicted molar refractivity (Wildman–Crippen MR) is 21.6 cm³/mol. The summed E-state index contributed by atoms with van der Waals surface area (Å²) < 4.78 is 8.75. The molecule has 0 amide bonds. The van der Waals surface area contributed by atoms with Gasteiger partial charge in [0.25, 0.3) is 0 Å². The van der Waals surface area contributed by atoms with Gasteiger partial charge in [0.05, 0.1) is 0 Å². The van der Waals surface area contributed by atoms with Crippen molar-refractivity contribution >= 4 is 65.8 Å². The van der Waals surface area contributed by atoms with Crippen LogP contribution in [0.15, 0.2) is 0 Å². The Morgan fingerprint density at radius 3 is 1.20 bits per heavy atom. The zero-order valence-electron chi connectivity index (χ0n) is 3.46. The van der Waals surface area contributed by atoms with Crippen LogP contribution < -0.4 is 0 Å². The first kappa shape index (κ1) is 27.7. The van der Waals surface area contributed by atoms with E-state index in [1.807, 2.05) is 0 Å². The minimum atomic E-state index is 0. The van der Waals surface area contributed by atoms with Gasteiger partial charge >= 0.3 is 0 Å². The molecule has 0 aliphatic rings. The van der Waals surface area contributed by atoms with Gasteiger partial charge in [0.1, 0.15) is 0 Å². The van der Waals surface area contributed by atoms with Crippen LogP contribution in [0.2, 0.25) is 0 Å². The van der Waals surface area contributed by atoms with Crippen LogP contribution in [0.5, 0.6) is 0 Å². The molecule has 0 spiro atoms. The third kappa shape index (κ3) is 23.5. The molecule has 0 unspecified atom stereocenters. The summed E-state index contributed by atoms with van der Waals surface area (Å²) in [5.74, 6) is 0. The van der Waals surface area contributed by atoms with Gasteiger partial charge in [-0.1, -0.05) is 0 Å². The minimum Gasteiger partial charge on any atom is -0.232 e. The van der Waals surface area contributed by atoms with Gasteiger partial charge in [-0.05, 0) is 0 Å². The van der Waals surface area contributed by atoms with Crippen LogP contribution in [0.25, 0.3) is 0 Å². The average molecular weight is 87.9 g/mol. The quantitative estimate of drug-likeness (QED) is 0.345. The maximum atomic E-state index is 8.75. The van der Waals surface area contributed by atoms with E-state index >= 15 is 0 Å². The number of rotatable bonds is 0. The summed E-state index contributed by atoms with van der Waals surface area (Å²) in [6.45, 7) is 0. The molecule has 0 aromatic heterocycles. The zero-order valence-corrected chi connectivity index (χ0v) is 6.61. The third-order valence-electron chi connectivity index (χ3n) is 0. The fraction of sp³-hybridized carbons (Fsp3) is 0. The van der Waals surface area contributed by atoms with Gasteiger partial charge in [-0.2, -0.15) is 0 Å². The van der Waals surface area contributed by atoms with E-state index in [9.17, 15) is 0 Å². The Bertz CT molecular complexity index is 11.6. The van der Waals surface area contributed by atoms with Gasteiger partial charge in [-0.25, -0.2) is 4.39 Å². The predicted octanol–water partition coefficient (Wildman–Crippen LogP) is -0.641. The molecule has 0 bridgehead atoms. The summed E-state index contributed by atoms with van der Waals surface area (Å²) in [4.78, 5) is 0. The monoisotopic (exact) mass is 88.0 g/mol. The summed E-state index contributed by atoms with van der Waals surface area (Å²) in [7, 11) is 4.25. The normalized spacial score (nSPS) is 1.20. The van der Waals surface area contributed by atoms with Gasteiger partial charge in [-0.15, -0.1) is 0 Å². The molecule has 0 saturated heterocycles. The molecule has 0 rings (SSSR count).